The number of morpholine rings is 1. The molecule has 59 valence electrons. The summed E-state index contributed by atoms with van der Waals surface area (Å²) in [7, 11) is 0. The Morgan fingerprint density at radius 2 is 2.30 bits per heavy atom. The van der Waals surface area contributed by atoms with Crippen LogP contribution in [-0.2, 0) is 4.74 Å². The van der Waals surface area contributed by atoms with E-state index < -0.39 is 0 Å². The first kappa shape index (κ1) is 8.02. The predicted octanol–water partition coefficient (Wildman–Crippen LogP) is 0.931. The summed E-state index contributed by atoms with van der Waals surface area (Å²) in [6.07, 6.45) is 0. The van der Waals surface area contributed by atoms with E-state index in [1.807, 2.05) is 0 Å². The molecule has 0 N–H and O–H groups in total. The summed E-state index contributed by atoms with van der Waals surface area (Å²) in [4.78, 5) is 2.31. The van der Waals surface area contributed by atoms with Gasteiger partial charge in [0, 0.05) is 13.1 Å². The third-order valence-corrected chi connectivity index (χ3v) is 1.82. The van der Waals surface area contributed by atoms with Crippen molar-refractivity contribution in [3.05, 3.63) is 6.92 Å². The SMILES string of the molecule is [CH2]CN1CCOC(C)(C)C1. The molecule has 0 spiro atoms. The molecule has 0 amide bonds. The van der Waals surface area contributed by atoms with Crippen LogP contribution in [0.3, 0.4) is 0 Å². The molecule has 0 atom stereocenters. The van der Waals surface area contributed by atoms with Gasteiger partial charge in [-0.05, 0) is 27.3 Å². The minimum absolute atomic E-state index is 0.0376. The minimum Gasteiger partial charge on any atom is -0.373 e. The minimum atomic E-state index is 0.0376. The quantitative estimate of drug-likeness (QED) is 0.540. The number of rotatable bonds is 1. The van der Waals surface area contributed by atoms with Gasteiger partial charge in [-0.1, -0.05) is 0 Å². The second-order valence-electron chi connectivity index (χ2n) is 3.38. The molecular formula is C8H16NO. The van der Waals surface area contributed by atoms with E-state index in [0.29, 0.717) is 0 Å². The van der Waals surface area contributed by atoms with Gasteiger partial charge >= 0.3 is 0 Å². The van der Waals surface area contributed by atoms with Crippen molar-refractivity contribution in [2.75, 3.05) is 26.2 Å². The summed E-state index contributed by atoms with van der Waals surface area (Å²) in [5, 5.41) is 0. The van der Waals surface area contributed by atoms with Crippen LogP contribution in [0.4, 0.5) is 0 Å². The van der Waals surface area contributed by atoms with Crippen molar-refractivity contribution in [3.63, 3.8) is 0 Å². The zero-order valence-electron chi connectivity index (χ0n) is 6.89. The van der Waals surface area contributed by atoms with E-state index in [0.717, 1.165) is 26.2 Å². The first-order valence-corrected chi connectivity index (χ1v) is 3.80. The Labute approximate surface area is 63.2 Å². The first-order chi connectivity index (χ1) is 4.64. The number of ether oxygens (including phenoxy) is 1. The molecule has 1 aliphatic heterocycles. The number of hydrogen-bond donors (Lipinski definition) is 0. The Hall–Kier alpha value is -0.0800. The molecule has 10 heavy (non-hydrogen) atoms. The Balaban J connectivity index is 2.40. The molecule has 1 fully saturated rings. The van der Waals surface area contributed by atoms with Gasteiger partial charge in [-0.25, -0.2) is 0 Å². The van der Waals surface area contributed by atoms with Crippen molar-refractivity contribution in [2.45, 2.75) is 19.4 Å². The van der Waals surface area contributed by atoms with E-state index in [4.69, 9.17) is 4.74 Å². The van der Waals surface area contributed by atoms with Gasteiger partial charge in [0.15, 0.2) is 0 Å². The molecule has 0 saturated carbocycles. The molecule has 0 aromatic heterocycles. The van der Waals surface area contributed by atoms with Gasteiger partial charge in [0.1, 0.15) is 0 Å². The van der Waals surface area contributed by atoms with Crippen molar-refractivity contribution >= 4 is 0 Å². The van der Waals surface area contributed by atoms with E-state index in [2.05, 4.69) is 25.7 Å². The second kappa shape index (κ2) is 2.89. The number of hydrogen-bond acceptors (Lipinski definition) is 2. The summed E-state index contributed by atoms with van der Waals surface area (Å²) in [5.41, 5.74) is 0.0376. The fourth-order valence-electron chi connectivity index (χ4n) is 1.31. The first-order valence-electron chi connectivity index (χ1n) is 3.80. The molecule has 0 aliphatic carbocycles. The van der Waals surface area contributed by atoms with E-state index in [9.17, 15) is 0 Å². The summed E-state index contributed by atoms with van der Waals surface area (Å²) < 4.78 is 5.53. The molecule has 1 radical (unpaired) electrons. The van der Waals surface area contributed by atoms with Gasteiger partial charge in [0.25, 0.3) is 0 Å². The van der Waals surface area contributed by atoms with E-state index in [-0.39, 0.29) is 5.60 Å². The van der Waals surface area contributed by atoms with Gasteiger partial charge in [-0.15, -0.1) is 0 Å². The predicted molar refractivity (Wildman–Crippen MR) is 41.8 cm³/mol. The molecule has 2 heteroatoms. The highest BCUT2D eigenvalue weighted by Gasteiger charge is 2.25. The molecule has 1 saturated heterocycles. The van der Waals surface area contributed by atoms with E-state index in [1.165, 1.54) is 0 Å². The lowest BCUT2D eigenvalue weighted by atomic mass is 10.1. The molecule has 0 bridgehead atoms. The van der Waals surface area contributed by atoms with Crippen LogP contribution in [0.5, 0.6) is 0 Å². The molecule has 2 nitrogen and oxygen atoms in total. The highest BCUT2D eigenvalue weighted by Crippen LogP contribution is 2.15. The van der Waals surface area contributed by atoms with Crippen molar-refractivity contribution in [1.82, 2.24) is 4.90 Å². The van der Waals surface area contributed by atoms with Crippen LogP contribution < -0.4 is 0 Å². The summed E-state index contributed by atoms with van der Waals surface area (Å²) >= 11 is 0. The molecule has 1 heterocycles. The zero-order valence-corrected chi connectivity index (χ0v) is 6.89. The van der Waals surface area contributed by atoms with Crippen molar-refractivity contribution < 1.29 is 4.74 Å². The van der Waals surface area contributed by atoms with Gasteiger partial charge in [-0.3, -0.25) is 4.90 Å². The Kier molecular flexibility index (Phi) is 2.32. The third-order valence-electron chi connectivity index (χ3n) is 1.82. The lowest BCUT2D eigenvalue weighted by Crippen LogP contribution is -2.47. The molecule has 0 aromatic carbocycles. The standard InChI is InChI=1S/C8H16NO/c1-4-9-5-6-10-8(2,3)7-9/h1,4-7H2,2-3H3. The van der Waals surface area contributed by atoms with Crippen LogP contribution in [0, 0.1) is 6.92 Å². The Morgan fingerprint density at radius 1 is 1.60 bits per heavy atom. The van der Waals surface area contributed by atoms with Gasteiger partial charge < -0.3 is 4.74 Å². The highest BCUT2D eigenvalue weighted by atomic mass is 16.5. The average molecular weight is 142 g/mol. The average Bonchev–Trinajstić information content (AvgIpc) is 1.86. The summed E-state index contributed by atoms with van der Waals surface area (Å²) in [5.74, 6) is 0. The Morgan fingerprint density at radius 3 is 2.70 bits per heavy atom. The topological polar surface area (TPSA) is 12.5 Å². The summed E-state index contributed by atoms with van der Waals surface area (Å²) in [6, 6.07) is 0. The third kappa shape index (κ3) is 1.96. The lowest BCUT2D eigenvalue weighted by Gasteiger charge is -2.37. The maximum atomic E-state index is 5.53. The van der Waals surface area contributed by atoms with Gasteiger partial charge in [-0.2, -0.15) is 0 Å². The van der Waals surface area contributed by atoms with Crippen molar-refractivity contribution in [2.24, 2.45) is 0 Å². The van der Waals surface area contributed by atoms with Crippen LogP contribution in [0.15, 0.2) is 0 Å². The number of nitrogens with zero attached hydrogens (tertiary/aromatic N) is 1. The van der Waals surface area contributed by atoms with Crippen LogP contribution in [-0.4, -0.2) is 36.7 Å². The van der Waals surface area contributed by atoms with Crippen LogP contribution in [0.25, 0.3) is 0 Å². The van der Waals surface area contributed by atoms with Crippen LogP contribution in [0.1, 0.15) is 13.8 Å². The van der Waals surface area contributed by atoms with E-state index >= 15 is 0 Å². The Bertz CT molecular complexity index is 112. The molecule has 0 unspecified atom stereocenters. The fraction of sp³-hybridized carbons (Fsp3) is 0.875. The van der Waals surface area contributed by atoms with Crippen LogP contribution in [0.2, 0.25) is 0 Å². The normalized spacial score (nSPS) is 26.7. The zero-order chi connectivity index (χ0) is 7.61. The summed E-state index contributed by atoms with van der Waals surface area (Å²) in [6.45, 7) is 11.9. The molecular weight excluding hydrogens is 126 g/mol. The van der Waals surface area contributed by atoms with Crippen molar-refractivity contribution in [1.29, 1.82) is 0 Å². The van der Waals surface area contributed by atoms with Gasteiger partial charge in [0.2, 0.25) is 0 Å². The fourth-order valence-corrected chi connectivity index (χ4v) is 1.31. The van der Waals surface area contributed by atoms with Gasteiger partial charge in [0.05, 0.1) is 12.2 Å². The van der Waals surface area contributed by atoms with Crippen molar-refractivity contribution in [3.8, 4) is 0 Å². The maximum Gasteiger partial charge on any atom is 0.0753 e. The monoisotopic (exact) mass is 142 g/mol. The molecule has 0 aromatic rings. The molecule has 1 aliphatic rings. The smallest absolute Gasteiger partial charge is 0.0753 e. The lowest BCUT2D eigenvalue weighted by molar-refractivity contribution is -0.0831. The molecule has 1 rings (SSSR count). The highest BCUT2D eigenvalue weighted by molar-refractivity contribution is 4.78. The van der Waals surface area contributed by atoms with E-state index in [1.54, 1.807) is 0 Å². The van der Waals surface area contributed by atoms with Crippen LogP contribution >= 0.6 is 0 Å². The maximum absolute atomic E-state index is 5.53. The second-order valence-corrected chi connectivity index (χ2v) is 3.38. The largest absolute Gasteiger partial charge is 0.373 e.